The van der Waals surface area contributed by atoms with Crippen LogP contribution in [0.1, 0.15) is 5.56 Å². The minimum atomic E-state index is -0.415. The molecule has 140 valence electrons. The highest BCUT2D eigenvalue weighted by Crippen LogP contribution is 2.30. The number of nitriles is 1. The van der Waals surface area contributed by atoms with Crippen LogP contribution in [-0.4, -0.2) is 32.9 Å². The van der Waals surface area contributed by atoms with Crippen LogP contribution in [0.25, 0.3) is 39.5 Å². The predicted molar refractivity (Wildman–Crippen MR) is 110 cm³/mol. The second-order valence-electron chi connectivity index (χ2n) is 6.29. The maximum Gasteiger partial charge on any atom is 0.261 e. The van der Waals surface area contributed by atoms with E-state index < -0.39 is 5.91 Å². The van der Waals surface area contributed by atoms with Crippen molar-refractivity contribution in [3.8, 4) is 28.5 Å². The van der Waals surface area contributed by atoms with E-state index >= 15 is 0 Å². The van der Waals surface area contributed by atoms with Gasteiger partial charge in [-0.15, -0.1) is 0 Å². The summed E-state index contributed by atoms with van der Waals surface area (Å²) in [5.41, 5.74) is 5.09. The molecule has 7 heteroatoms. The molecule has 0 spiro atoms. The monoisotopic (exact) mass is 380 g/mol. The molecule has 0 aliphatic heterocycles. The molecule has 3 aromatic heterocycles. The SMILES string of the molecule is CNC(=O)C(C#N)=Cc1cccc(-c2cnc3[nH]cc(-c4cnccn4)c3c2)c1. The molecular formula is C22H16N6O. The van der Waals surface area contributed by atoms with Gasteiger partial charge in [-0.1, -0.05) is 18.2 Å². The third-order valence-electron chi connectivity index (χ3n) is 4.49. The Balaban J connectivity index is 1.77. The molecule has 0 aliphatic carbocycles. The van der Waals surface area contributed by atoms with E-state index in [4.69, 9.17) is 0 Å². The molecule has 0 atom stereocenters. The lowest BCUT2D eigenvalue weighted by atomic mass is 10.0. The summed E-state index contributed by atoms with van der Waals surface area (Å²) in [4.78, 5) is 27.9. The normalized spacial score (nSPS) is 11.2. The van der Waals surface area contributed by atoms with E-state index in [0.717, 1.165) is 39.0 Å². The smallest absolute Gasteiger partial charge is 0.261 e. The molecule has 0 bridgehead atoms. The maximum absolute atomic E-state index is 11.8. The van der Waals surface area contributed by atoms with Crippen LogP contribution in [0.3, 0.4) is 0 Å². The van der Waals surface area contributed by atoms with Crippen LogP contribution < -0.4 is 5.32 Å². The average molecular weight is 380 g/mol. The van der Waals surface area contributed by atoms with E-state index in [9.17, 15) is 10.1 Å². The van der Waals surface area contributed by atoms with Crippen LogP contribution in [-0.2, 0) is 4.79 Å². The van der Waals surface area contributed by atoms with Crippen molar-refractivity contribution in [2.45, 2.75) is 0 Å². The van der Waals surface area contributed by atoms with Gasteiger partial charge in [-0.2, -0.15) is 5.26 Å². The van der Waals surface area contributed by atoms with Crippen LogP contribution in [0.4, 0.5) is 0 Å². The van der Waals surface area contributed by atoms with Crippen LogP contribution >= 0.6 is 0 Å². The fraction of sp³-hybridized carbons (Fsp3) is 0.0455. The van der Waals surface area contributed by atoms with Gasteiger partial charge in [0.15, 0.2) is 0 Å². The Hall–Kier alpha value is -4.31. The largest absolute Gasteiger partial charge is 0.354 e. The number of H-pyrrole nitrogens is 1. The fourth-order valence-electron chi connectivity index (χ4n) is 3.07. The molecule has 7 nitrogen and oxygen atoms in total. The van der Waals surface area contributed by atoms with Gasteiger partial charge in [0.1, 0.15) is 17.3 Å². The van der Waals surface area contributed by atoms with Gasteiger partial charge in [0.2, 0.25) is 0 Å². The number of aromatic amines is 1. The number of fused-ring (bicyclic) bond motifs is 1. The molecule has 2 N–H and O–H groups in total. The summed E-state index contributed by atoms with van der Waals surface area (Å²) in [6.07, 6.45) is 10.2. The number of hydrogen-bond donors (Lipinski definition) is 2. The zero-order valence-electron chi connectivity index (χ0n) is 15.5. The Bertz CT molecular complexity index is 1270. The number of carbonyl (C=O) groups excluding carboxylic acids is 1. The molecule has 0 saturated heterocycles. The molecule has 0 unspecified atom stereocenters. The van der Waals surface area contributed by atoms with Crippen LogP contribution in [0.5, 0.6) is 0 Å². The van der Waals surface area contributed by atoms with Crippen molar-refractivity contribution in [1.29, 1.82) is 5.26 Å². The number of nitrogens with zero attached hydrogens (tertiary/aromatic N) is 4. The van der Waals surface area contributed by atoms with Crippen LogP contribution in [0, 0.1) is 11.3 Å². The second-order valence-corrected chi connectivity index (χ2v) is 6.29. The summed E-state index contributed by atoms with van der Waals surface area (Å²) >= 11 is 0. The number of nitrogens with one attached hydrogen (secondary N) is 2. The van der Waals surface area contributed by atoms with E-state index in [1.807, 2.05) is 42.6 Å². The van der Waals surface area contributed by atoms with Crippen molar-refractivity contribution in [3.63, 3.8) is 0 Å². The lowest BCUT2D eigenvalue weighted by molar-refractivity contribution is -0.116. The number of amides is 1. The highest BCUT2D eigenvalue weighted by molar-refractivity contribution is 6.01. The van der Waals surface area contributed by atoms with Gasteiger partial charge >= 0.3 is 0 Å². The number of rotatable bonds is 4. The first-order valence-corrected chi connectivity index (χ1v) is 8.87. The number of hydrogen-bond acceptors (Lipinski definition) is 5. The first-order valence-electron chi connectivity index (χ1n) is 8.87. The highest BCUT2D eigenvalue weighted by atomic mass is 16.1. The van der Waals surface area contributed by atoms with Crippen molar-refractivity contribution < 1.29 is 4.79 Å². The Morgan fingerprint density at radius 3 is 2.83 bits per heavy atom. The zero-order chi connectivity index (χ0) is 20.2. The third kappa shape index (κ3) is 3.59. The molecule has 0 radical (unpaired) electrons. The number of pyridine rings is 1. The van der Waals surface area contributed by atoms with Crippen molar-refractivity contribution in [2.24, 2.45) is 0 Å². The van der Waals surface area contributed by atoms with Gasteiger partial charge in [-0.05, 0) is 29.3 Å². The lowest BCUT2D eigenvalue weighted by Crippen LogP contribution is -2.19. The summed E-state index contributed by atoms with van der Waals surface area (Å²) in [5, 5.41) is 12.6. The second kappa shape index (κ2) is 7.74. The van der Waals surface area contributed by atoms with E-state index in [-0.39, 0.29) is 5.57 Å². The molecule has 1 amide bonds. The molecule has 1 aromatic carbocycles. The Morgan fingerprint density at radius 2 is 2.07 bits per heavy atom. The van der Waals surface area contributed by atoms with E-state index in [1.54, 1.807) is 30.9 Å². The van der Waals surface area contributed by atoms with Gasteiger partial charge in [-0.3, -0.25) is 14.8 Å². The summed E-state index contributed by atoms with van der Waals surface area (Å²) in [6, 6.07) is 11.6. The van der Waals surface area contributed by atoms with E-state index in [0.29, 0.717) is 0 Å². The highest BCUT2D eigenvalue weighted by Gasteiger charge is 2.11. The van der Waals surface area contributed by atoms with E-state index in [2.05, 4.69) is 25.3 Å². The zero-order valence-corrected chi connectivity index (χ0v) is 15.5. The van der Waals surface area contributed by atoms with Gasteiger partial charge in [0.05, 0.1) is 11.9 Å². The predicted octanol–water partition coefficient (Wildman–Crippen LogP) is 3.34. The summed E-state index contributed by atoms with van der Waals surface area (Å²) < 4.78 is 0. The fourth-order valence-corrected chi connectivity index (χ4v) is 3.07. The average Bonchev–Trinajstić information content (AvgIpc) is 3.21. The van der Waals surface area contributed by atoms with Gasteiger partial charge in [0.25, 0.3) is 5.91 Å². The topological polar surface area (TPSA) is 107 Å². The first-order chi connectivity index (χ1) is 14.2. The molecule has 0 aliphatic rings. The quantitative estimate of drug-likeness (QED) is 0.417. The summed E-state index contributed by atoms with van der Waals surface area (Å²) in [6.45, 7) is 0. The summed E-state index contributed by atoms with van der Waals surface area (Å²) in [7, 11) is 1.50. The van der Waals surface area contributed by atoms with Gasteiger partial charge < -0.3 is 10.3 Å². The molecule has 4 rings (SSSR count). The molecule has 0 saturated carbocycles. The Morgan fingerprint density at radius 1 is 1.17 bits per heavy atom. The number of likely N-dealkylation sites (N-methyl/N-ethyl adjacent to an activating group) is 1. The molecular weight excluding hydrogens is 364 g/mol. The maximum atomic E-state index is 11.8. The number of benzene rings is 1. The first kappa shape index (κ1) is 18.1. The van der Waals surface area contributed by atoms with Crippen molar-refractivity contribution in [2.75, 3.05) is 7.05 Å². The van der Waals surface area contributed by atoms with Crippen molar-refractivity contribution >= 4 is 23.0 Å². The molecule has 4 aromatic rings. The molecule has 0 fully saturated rings. The van der Waals surface area contributed by atoms with Crippen molar-refractivity contribution in [1.82, 2.24) is 25.3 Å². The Labute approximate surface area is 166 Å². The molecule has 29 heavy (non-hydrogen) atoms. The third-order valence-corrected chi connectivity index (χ3v) is 4.49. The Kier molecular flexibility index (Phi) is 4.82. The van der Waals surface area contributed by atoms with Crippen LogP contribution in [0.15, 0.2) is 66.9 Å². The number of carbonyl (C=O) groups is 1. The van der Waals surface area contributed by atoms with Crippen LogP contribution in [0.2, 0.25) is 0 Å². The minimum Gasteiger partial charge on any atom is -0.354 e. The molecule has 3 heterocycles. The summed E-state index contributed by atoms with van der Waals surface area (Å²) in [5.74, 6) is -0.415. The van der Waals surface area contributed by atoms with Crippen molar-refractivity contribution in [3.05, 3.63) is 72.5 Å². The standard InChI is InChI=1S/C22H16N6O/c1-24-22(29)16(10-23)8-14-3-2-4-15(7-14)17-9-18-19(12-28-21(18)27-11-17)20-13-25-5-6-26-20/h2-9,11-13H,1H3,(H,24,29)(H,27,28). The number of aromatic nitrogens is 4. The minimum absolute atomic E-state index is 0.0498. The van der Waals surface area contributed by atoms with E-state index in [1.165, 1.54) is 7.05 Å². The van der Waals surface area contributed by atoms with Gasteiger partial charge in [0, 0.05) is 48.3 Å². The lowest BCUT2D eigenvalue weighted by Gasteiger charge is -2.05. The van der Waals surface area contributed by atoms with Gasteiger partial charge in [-0.25, -0.2) is 4.98 Å².